The maximum absolute atomic E-state index is 10.9. The number of nitrogens with zero attached hydrogens (tertiary/aromatic N) is 1. The van der Waals surface area contributed by atoms with Gasteiger partial charge in [-0.25, -0.2) is 5.21 Å². The summed E-state index contributed by atoms with van der Waals surface area (Å²) in [6, 6.07) is 14.8. The van der Waals surface area contributed by atoms with Crippen molar-refractivity contribution in [3.63, 3.8) is 0 Å². The molecule has 0 aliphatic rings. The number of anilines is 1. The standard InChI is InChI=1S/C15H15N3O2/c1-17-13-5-3-2-4-12(13)14(15(17)16)10-6-8-11(9-7-10)18(19)20/h2-9,18-19H,16H2,1H3. The Kier molecular flexibility index (Phi) is 2.94. The molecule has 0 aliphatic carbocycles. The minimum atomic E-state index is -0.928. The third kappa shape index (κ3) is 1.85. The Balaban J connectivity index is 2.21. The normalized spacial score (nSPS) is 12.8. The van der Waals surface area contributed by atoms with Crippen molar-refractivity contribution in [3.8, 4) is 11.1 Å². The number of hydrogen-bond acceptors (Lipinski definition) is 3. The van der Waals surface area contributed by atoms with Crippen molar-refractivity contribution >= 4 is 22.4 Å². The van der Waals surface area contributed by atoms with Gasteiger partial charge < -0.3 is 15.5 Å². The first-order chi connectivity index (χ1) is 9.59. The van der Waals surface area contributed by atoms with Gasteiger partial charge in [-0.1, -0.05) is 18.2 Å². The molecular formula is C15H15N3O2. The van der Waals surface area contributed by atoms with Crippen molar-refractivity contribution in [1.82, 2.24) is 4.57 Å². The Bertz CT molecular complexity index is 761. The lowest BCUT2D eigenvalue weighted by molar-refractivity contribution is -0.991. The molecule has 1 aromatic heterocycles. The molecule has 1 atom stereocenters. The van der Waals surface area contributed by atoms with Crippen LogP contribution in [0, 0.1) is 5.21 Å². The van der Waals surface area contributed by atoms with Crippen LogP contribution in [0.4, 0.5) is 11.5 Å². The van der Waals surface area contributed by atoms with Crippen LogP contribution in [0.15, 0.2) is 48.5 Å². The first-order valence-corrected chi connectivity index (χ1v) is 6.26. The number of para-hydroxylation sites is 1. The molecule has 0 saturated heterocycles. The summed E-state index contributed by atoms with van der Waals surface area (Å²) in [5.41, 5.74) is 9.39. The molecular weight excluding hydrogens is 254 g/mol. The summed E-state index contributed by atoms with van der Waals surface area (Å²) in [4.78, 5) is 0. The molecule has 0 spiro atoms. The maximum Gasteiger partial charge on any atom is 0.163 e. The topological polar surface area (TPSA) is 78.7 Å². The van der Waals surface area contributed by atoms with Crippen LogP contribution in [0.2, 0.25) is 0 Å². The molecule has 4 N–H and O–H groups in total. The number of hydrogen-bond donors (Lipinski definition) is 3. The van der Waals surface area contributed by atoms with Crippen LogP contribution in [0.5, 0.6) is 0 Å². The van der Waals surface area contributed by atoms with Gasteiger partial charge in [0.15, 0.2) is 5.69 Å². The van der Waals surface area contributed by atoms with Gasteiger partial charge in [0.2, 0.25) is 0 Å². The van der Waals surface area contributed by atoms with E-state index in [2.05, 4.69) is 0 Å². The van der Waals surface area contributed by atoms with Gasteiger partial charge in [-0.15, -0.1) is 0 Å². The second-order valence-electron chi connectivity index (χ2n) is 4.72. The average molecular weight is 269 g/mol. The Hall–Kier alpha value is -2.34. The summed E-state index contributed by atoms with van der Waals surface area (Å²) in [6.07, 6.45) is 0. The molecule has 5 nitrogen and oxygen atoms in total. The van der Waals surface area contributed by atoms with Crippen LogP contribution >= 0.6 is 0 Å². The molecule has 0 radical (unpaired) electrons. The van der Waals surface area contributed by atoms with Gasteiger partial charge in [-0.3, -0.25) is 0 Å². The molecule has 5 heteroatoms. The summed E-state index contributed by atoms with van der Waals surface area (Å²) >= 11 is 0. The van der Waals surface area contributed by atoms with Crippen molar-refractivity contribution in [3.05, 3.63) is 53.7 Å². The third-order valence-corrected chi connectivity index (χ3v) is 3.57. The molecule has 3 rings (SSSR count). The Morgan fingerprint density at radius 2 is 1.75 bits per heavy atom. The number of nitrogens with two attached hydrogens (primary N) is 1. The van der Waals surface area contributed by atoms with E-state index in [0.29, 0.717) is 5.82 Å². The Morgan fingerprint density at radius 3 is 2.40 bits per heavy atom. The zero-order valence-corrected chi connectivity index (χ0v) is 11.0. The van der Waals surface area contributed by atoms with Crippen LogP contribution in [-0.2, 0) is 7.05 Å². The Labute approximate surface area is 116 Å². The molecule has 20 heavy (non-hydrogen) atoms. The molecule has 0 amide bonds. The predicted molar refractivity (Wildman–Crippen MR) is 78.5 cm³/mol. The van der Waals surface area contributed by atoms with E-state index in [-0.39, 0.29) is 5.69 Å². The van der Waals surface area contributed by atoms with Crippen molar-refractivity contribution < 1.29 is 10.4 Å². The van der Waals surface area contributed by atoms with Gasteiger partial charge >= 0.3 is 0 Å². The molecule has 3 aromatic rings. The fourth-order valence-corrected chi connectivity index (χ4v) is 2.50. The first kappa shape index (κ1) is 12.7. The number of nitrogens with one attached hydrogen (secondary N) is 1. The molecule has 0 saturated carbocycles. The van der Waals surface area contributed by atoms with Crippen LogP contribution in [-0.4, -0.2) is 9.77 Å². The van der Waals surface area contributed by atoms with Crippen molar-refractivity contribution in [2.75, 3.05) is 5.73 Å². The van der Waals surface area contributed by atoms with E-state index >= 15 is 0 Å². The van der Waals surface area contributed by atoms with Crippen LogP contribution in [0.1, 0.15) is 0 Å². The zero-order valence-electron chi connectivity index (χ0n) is 11.0. The van der Waals surface area contributed by atoms with Gasteiger partial charge in [0.25, 0.3) is 0 Å². The molecule has 2 aromatic carbocycles. The third-order valence-electron chi connectivity index (χ3n) is 3.57. The van der Waals surface area contributed by atoms with Gasteiger partial charge in [0.05, 0.1) is 0 Å². The fraction of sp³-hybridized carbons (Fsp3) is 0.0667. The van der Waals surface area contributed by atoms with E-state index in [0.717, 1.165) is 22.0 Å². The number of benzene rings is 2. The minimum absolute atomic E-state index is 0.271. The average Bonchev–Trinajstić information content (AvgIpc) is 2.72. The fourth-order valence-electron chi connectivity index (χ4n) is 2.50. The van der Waals surface area contributed by atoms with E-state index in [1.54, 1.807) is 24.3 Å². The lowest BCUT2D eigenvalue weighted by Crippen LogP contribution is -2.99. The largest absolute Gasteiger partial charge is 0.595 e. The number of quaternary nitrogens is 1. The number of nitrogen functional groups attached to an aromatic ring is 1. The van der Waals surface area contributed by atoms with E-state index < -0.39 is 5.23 Å². The van der Waals surface area contributed by atoms with Gasteiger partial charge in [0.1, 0.15) is 5.82 Å². The molecule has 1 unspecified atom stereocenters. The highest BCUT2D eigenvalue weighted by atomic mass is 16.8. The monoisotopic (exact) mass is 269 g/mol. The lowest BCUT2D eigenvalue weighted by Gasteiger charge is -2.11. The molecule has 0 bridgehead atoms. The summed E-state index contributed by atoms with van der Waals surface area (Å²) < 4.78 is 1.94. The molecule has 102 valence electrons. The second kappa shape index (κ2) is 4.64. The minimum Gasteiger partial charge on any atom is -0.595 e. The van der Waals surface area contributed by atoms with E-state index in [1.165, 1.54) is 0 Å². The summed E-state index contributed by atoms with van der Waals surface area (Å²) in [5.74, 6) is 0.675. The van der Waals surface area contributed by atoms with Crippen LogP contribution in [0.3, 0.4) is 0 Å². The highest BCUT2D eigenvalue weighted by Gasteiger charge is 2.14. The lowest BCUT2D eigenvalue weighted by atomic mass is 10.0. The number of rotatable bonds is 2. The second-order valence-corrected chi connectivity index (χ2v) is 4.72. The summed E-state index contributed by atoms with van der Waals surface area (Å²) in [7, 11) is 1.92. The number of fused-ring (bicyclic) bond motifs is 1. The number of aromatic nitrogens is 1. The van der Waals surface area contributed by atoms with E-state index in [4.69, 9.17) is 10.9 Å². The summed E-state index contributed by atoms with van der Waals surface area (Å²) in [5, 5.41) is 20.0. The number of aryl methyl sites for hydroxylation is 1. The smallest absolute Gasteiger partial charge is 0.163 e. The Morgan fingerprint density at radius 1 is 1.10 bits per heavy atom. The highest BCUT2D eigenvalue weighted by molar-refractivity contribution is 6.02. The first-order valence-electron chi connectivity index (χ1n) is 6.26. The quantitative estimate of drug-likeness (QED) is 0.621. The molecule has 0 fully saturated rings. The van der Waals surface area contributed by atoms with Gasteiger partial charge in [-0.2, -0.15) is 5.23 Å². The van der Waals surface area contributed by atoms with Gasteiger partial charge in [0, 0.05) is 35.6 Å². The molecule has 0 aliphatic heterocycles. The SMILES string of the molecule is Cn1c(N)c(-c2ccc([NH+]([O-])O)cc2)c2ccccc21. The van der Waals surface area contributed by atoms with Crippen molar-refractivity contribution in [2.45, 2.75) is 0 Å². The maximum atomic E-state index is 10.9. The summed E-state index contributed by atoms with van der Waals surface area (Å²) in [6.45, 7) is 0. The van der Waals surface area contributed by atoms with E-state index in [1.807, 2.05) is 35.9 Å². The highest BCUT2D eigenvalue weighted by Crippen LogP contribution is 2.36. The van der Waals surface area contributed by atoms with Gasteiger partial charge in [-0.05, 0) is 23.8 Å². The van der Waals surface area contributed by atoms with Crippen molar-refractivity contribution in [1.29, 1.82) is 0 Å². The van der Waals surface area contributed by atoms with E-state index in [9.17, 15) is 5.21 Å². The van der Waals surface area contributed by atoms with Crippen molar-refractivity contribution in [2.24, 2.45) is 7.05 Å². The molecule has 1 heterocycles. The van der Waals surface area contributed by atoms with Crippen LogP contribution in [0.25, 0.3) is 22.0 Å². The van der Waals surface area contributed by atoms with Crippen LogP contribution < -0.4 is 11.0 Å². The zero-order chi connectivity index (χ0) is 14.3. The predicted octanol–water partition coefficient (Wildman–Crippen LogP) is 1.83.